The Labute approximate surface area is 114 Å². The van der Waals surface area contributed by atoms with E-state index in [4.69, 9.17) is 5.11 Å². The summed E-state index contributed by atoms with van der Waals surface area (Å²) in [4.78, 5) is 24.0. The molecular formula is C9H13N5O5S. The minimum absolute atomic E-state index is 0.0358. The number of carbonyl (C=O) groups is 2. The molecular weight excluding hydrogens is 290 g/mol. The van der Waals surface area contributed by atoms with Crippen LogP contribution in [0.25, 0.3) is 0 Å². The molecule has 1 N–H and O–H groups in total. The van der Waals surface area contributed by atoms with E-state index in [2.05, 4.69) is 15.5 Å². The molecule has 1 aliphatic heterocycles. The number of aliphatic carboxylic acids is 1. The summed E-state index contributed by atoms with van der Waals surface area (Å²) < 4.78 is 24.0. The third-order valence-corrected chi connectivity index (χ3v) is 4.71. The summed E-state index contributed by atoms with van der Waals surface area (Å²) in [6.07, 6.45) is 1.47. The van der Waals surface area contributed by atoms with E-state index < -0.39 is 34.3 Å². The topological polar surface area (TPSA) is 135 Å². The molecule has 1 aliphatic rings. The van der Waals surface area contributed by atoms with Crippen molar-refractivity contribution in [3.8, 4) is 0 Å². The van der Waals surface area contributed by atoms with Gasteiger partial charge in [0.05, 0.1) is 11.5 Å². The van der Waals surface area contributed by atoms with Crippen LogP contribution in [0.4, 0.5) is 0 Å². The number of aromatic nitrogens is 4. The van der Waals surface area contributed by atoms with E-state index in [0.29, 0.717) is 0 Å². The fourth-order valence-corrected chi connectivity index (χ4v) is 3.80. The highest BCUT2D eigenvalue weighted by molar-refractivity contribution is 7.91. The first-order valence-electron chi connectivity index (χ1n) is 5.80. The summed E-state index contributed by atoms with van der Waals surface area (Å²) in [6, 6.07) is -0.611. The number of rotatable bonds is 5. The van der Waals surface area contributed by atoms with Gasteiger partial charge in [-0.3, -0.25) is 9.59 Å². The van der Waals surface area contributed by atoms with Gasteiger partial charge in [0, 0.05) is 6.04 Å². The first-order chi connectivity index (χ1) is 9.37. The molecule has 1 aromatic heterocycles. The van der Waals surface area contributed by atoms with Crippen molar-refractivity contribution in [2.24, 2.45) is 0 Å². The van der Waals surface area contributed by atoms with Crippen LogP contribution >= 0.6 is 0 Å². The number of hydrogen-bond donors (Lipinski definition) is 1. The lowest BCUT2D eigenvalue weighted by Crippen LogP contribution is -2.45. The van der Waals surface area contributed by atoms with Crippen LogP contribution < -0.4 is 0 Å². The predicted molar refractivity (Wildman–Crippen MR) is 64.2 cm³/mol. The van der Waals surface area contributed by atoms with Crippen molar-refractivity contribution in [3.63, 3.8) is 0 Å². The second-order valence-corrected chi connectivity index (χ2v) is 6.71. The maximum absolute atomic E-state index is 12.1. The maximum Gasteiger partial charge on any atom is 0.323 e. The maximum atomic E-state index is 12.1. The molecule has 0 spiro atoms. The van der Waals surface area contributed by atoms with E-state index >= 15 is 0 Å². The molecule has 1 aromatic rings. The van der Waals surface area contributed by atoms with Gasteiger partial charge in [0.1, 0.15) is 19.4 Å². The van der Waals surface area contributed by atoms with Gasteiger partial charge in [-0.25, -0.2) is 13.1 Å². The molecule has 0 bridgehead atoms. The minimum Gasteiger partial charge on any atom is -0.480 e. The Balaban J connectivity index is 2.11. The Morgan fingerprint density at radius 3 is 2.70 bits per heavy atom. The Morgan fingerprint density at radius 1 is 1.45 bits per heavy atom. The summed E-state index contributed by atoms with van der Waals surface area (Å²) >= 11 is 0. The molecule has 1 amide bonds. The Morgan fingerprint density at radius 2 is 2.20 bits per heavy atom. The van der Waals surface area contributed by atoms with Gasteiger partial charge in [-0.1, -0.05) is 0 Å². The normalized spacial score (nSPS) is 20.7. The number of hydrogen-bond acceptors (Lipinski definition) is 7. The van der Waals surface area contributed by atoms with E-state index in [1.54, 1.807) is 0 Å². The van der Waals surface area contributed by atoms with Crippen LogP contribution in [-0.2, 0) is 26.0 Å². The third-order valence-electron chi connectivity index (χ3n) is 2.96. The van der Waals surface area contributed by atoms with E-state index in [1.807, 2.05) is 0 Å². The number of carboxylic acid groups (broad SMARTS) is 1. The highest BCUT2D eigenvalue weighted by atomic mass is 32.2. The number of amides is 1. The molecule has 0 aromatic carbocycles. The number of nitrogens with zero attached hydrogens (tertiary/aromatic N) is 5. The SMILES string of the molecule is O=C(O)CN(C(=O)Cn1cnnn1)C1CCS(=O)(=O)C1. The standard InChI is InChI=1S/C9H13N5O5S/c15-8(3-13-6-10-11-12-13)14(4-9(16)17)7-1-2-20(18,19)5-7/h6-7H,1-5H2,(H,16,17). The van der Waals surface area contributed by atoms with Crippen molar-refractivity contribution in [1.29, 1.82) is 0 Å². The Kier molecular flexibility index (Phi) is 3.97. The lowest BCUT2D eigenvalue weighted by Gasteiger charge is -2.26. The largest absolute Gasteiger partial charge is 0.480 e. The smallest absolute Gasteiger partial charge is 0.323 e. The van der Waals surface area contributed by atoms with Crippen molar-refractivity contribution in [2.75, 3.05) is 18.1 Å². The molecule has 0 radical (unpaired) electrons. The highest BCUT2D eigenvalue weighted by Crippen LogP contribution is 2.18. The van der Waals surface area contributed by atoms with Gasteiger partial charge in [-0.05, 0) is 16.8 Å². The van der Waals surface area contributed by atoms with E-state index in [0.717, 1.165) is 9.58 Å². The number of carbonyl (C=O) groups excluding carboxylic acids is 1. The van der Waals surface area contributed by atoms with E-state index in [-0.39, 0.29) is 24.5 Å². The van der Waals surface area contributed by atoms with Crippen molar-refractivity contribution < 1.29 is 23.1 Å². The molecule has 1 atom stereocenters. The van der Waals surface area contributed by atoms with Crippen molar-refractivity contribution in [3.05, 3.63) is 6.33 Å². The molecule has 1 unspecified atom stereocenters. The lowest BCUT2D eigenvalue weighted by atomic mass is 10.2. The van der Waals surface area contributed by atoms with Gasteiger partial charge < -0.3 is 10.0 Å². The average Bonchev–Trinajstić information content (AvgIpc) is 2.95. The van der Waals surface area contributed by atoms with Crippen molar-refractivity contribution >= 4 is 21.7 Å². The van der Waals surface area contributed by atoms with Crippen molar-refractivity contribution in [2.45, 2.75) is 19.0 Å². The minimum atomic E-state index is -3.21. The van der Waals surface area contributed by atoms with Crippen LogP contribution in [0.1, 0.15) is 6.42 Å². The molecule has 2 heterocycles. The molecule has 0 aliphatic carbocycles. The third kappa shape index (κ3) is 3.50. The van der Waals surface area contributed by atoms with Gasteiger partial charge in [-0.15, -0.1) is 5.10 Å². The summed E-state index contributed by atoms with van der Waals surface area (Å²) in [6.45, 7) is -0.766. The van der Waals surface area contributed by atoms with Crippen LogP contribution in [0.3, 0.4) is 0 Å². The molecule has 0 saturated carbocycles. The molecule has 10 nitrogen and oxygen atoms in total. The monoisotopic (exact) mass is 303 g/mol. The Hall–Kier alpha value is -2.04. The van der Waals surface area contributed by atoms with Crippen molar-refractivity contribution in [1.82, 2.24) is 25.1 Å². The van der Waals surface area contributed by atoms with Gasteiger partial charge in [-0.2, -0.15) is 0 Å². The van der Waals surface area contributed by atoms with Crippen LogP contribution in [0, 0.1) is 0 Å². The number of carboxylic acids is 1. The molecule has 1 fully saturated rings. The lowest BCUT2D eigenvalue weighted by molar-refractivity contribution is -0.146. The van der Waals surface area contributed by atoms with Gasteiger partial charge in [0.2, 0.25) is 5.91 Å². The zero-order chi connectivity index (χ0) is 14.8. The van der Waals surface area contributed by atoms with Crippen LogP contribution in [0.15, 0.2) is 6.33 Å². The zero-order valence-corrected chi connectivity index (χ0v) is 11.2. The molecule has 2 rings (SSSR count). The zero-order valence-electron chi connectivity index (χ0n) is 10.4. The number of tetrazole rings is 1. The van der Waals surface area contributed by atoms with Gasteiger partial charge in [0.25, 0.3) is 0 Å². The molecule has 110 valence electrons. The second-order valence-electron chi connectivity index (χ2n) is 4.48. The number of sulfone groups is 1. The quantitative estimate of drug-likeness (QED) is 0.645. The average molecular weight is 303 g/mol. The Bertz CT molecular complexity index is 598. The predicted octanol–water partition coefficient (Wildman–Crippen LogP) is -2.23. The van der Waals surface area contributed by atoms with Crippen LogP contribution in [0.2, 0.25) is 0 Å². The van der Waals surface area contributed by atoms with Crippen LogP contribution in [0.5, 0.6) is 0 Å². The summed E-state index contributed by atoms with van der Waals surface area (Å²) in [5.41, 5.74) is 0. The summed E-state index contributed by atoms with van der Waals surface area (Å²) in [5, 5.41) is 19.1. The van der Waals surface area contributed by atoms with E-state index in [9.17, 15) is 18.0 Å². The first kappa shape index (κ1) is 14.4. The highest BCUT2D eigenvalue weighted by Gasteiger charge is 2.35. The van der Waals surface area contributed by atoms with Gasteiger partial charge in [0.15, 0.2) is 9.84 Å². The first-order valence-corrected chi connectivity index (χ1v) is 7.62. The summed E-state index contributed by atoms with van der Waals surface area (Å²) in [5.74, 6) is -1.96. The fourth-order valence-electron chi connectivity index (χ4n) is 2.07. The fraction of sp³-hybridized carbons (Fsp3) is 0.667. The van der Waals surface area contributed by atoms with Crippen LogP contribution in [-0.4, -0.2) is 74.6 Å². The van der Waals surface area contributed by atoms with E-state index in [1.165, 1.54) is 6.33 Å². The summed E-state index contributed by atoms with van der Waals surface area (Å²) in [7, 11) is -3.21. The molecule has 11 heteroatoms. The van der Waals surface area contributed by atoms with Gasteiger partial charge >= 0.3 is 5.97 Å². The second kappa shape index (κ2) is 5.53. The molecule has 1 saturated heterocycles. The molecule has 20 heavy (non-hydrogen) atoms.